The summed E-state index contributed by atoms with van der Waals surface area (Å²) in [6.45, 7) is 9.08. The third kappa shape index (κ3) is 6.29. The van der Waals surface area contributed by atoms with Crippen LogP contribution in [-0.2, 0) is 20.7 Å². The van der Waals surface area contributed by atoms with Crippen molar-refractivity contribution >= 4 is 17.4 Å². The fourth-order valence-corrected chi connectivity index (χ4v) is 3.95. The standard InChI is InChI=1S/C27H35N3O3/c1-4-6-19-33-20-7-17-30-26(31)24(23-10-8-21(3)9-11-23)25(27(30)32)29(5-2)18-14-22-12-15-28-16-13-22/h8-13,15-16H,4-7,14,17-20H2,1-3H3. The number of carbonyl (C=O) groups is 2. The second-order valence-corrected chi connectivity index (χ2v) is 8.36. The number of ether oxygens (including phenoxy) is 1. The van der Waals surface area contributed by atoms with E-state index in [0.717, 1.165) is 42.6 Å². The van der Waals surface area contributed by atoms with E-state index in [1.807, 2.05) is 55.1 Å². The predicted octanol–water partition coefficient (Wildman–Crippen LogP) is 4.24. The summed E-state index contributed by atoms with van der Waals surface area (Å²) in [6.07, 6.45) is 7.07. The van der Waals surface area contributed by atoms with Crippen LogP contribution in [0.5, 0.6) is 0 Å². The van der Waals surface area contributed by atoms with Crippen molar-refractivity contribution in [3.8, 4) is 0 Å². The summed E-state index contributed by atoms with van der Waals surface area (Å²) < 4.78 is 5.63. The molecule has 2 heterocycles. The maximum atomic E-state index is 13.5. The first-order valence-electron chi connectivity index (χ1n) is 12.0. The third-order valence-electron chi connectivity index (χ3n) is 5.91. The number of benzene rings is 1. The Morgan fingerprint density at radius 3 is 2.30 bits per heavy atom. The van der Waals surface area contributed by atoms with Gasteiger partial charge in [0.15, 0.2) is 0 Å². The number of pyridine rings is 1. The van der Waals surface area contributed by atoms with Crippen molar-refractivity contribution < 1.29 is 14.3 Å². The first kappa shape index (κ1) is 24.6. The first-order chi connectivity index (χ1) is 16.1. The highest BCUT2D eigenvalue weighted by Crippen LogP contribution is 2.32. The van der Waals surface area contributed by atoms with Gasteiger partial charge in [0.25, 0.3) is 11.8 Å². The third-order valence-corrected chi connectivity index (χ3v) is 5.91. The van der Waals surface area contributed by atoms with Crippen LogP contribution >= 0.6 is 0 Å². The van der Waals surface area contributed by atoms with Crippen LogP contribution in [-0.4, -0.2) is 59.4 Å². The van der Waals surface area contributed by atoms with E-state index in [2.05, 4.69) is 11.9 Å². The lowest BCUT2D eigenvalue weighted by molar-refractivity contribution is -0.137. The fourth-order valence-electron chi connectivity index (χ4n) is 3.95. The van der Waals surface area contributed by atoms with Crippen LogP contribution in [0.3, 0.4) is 0 Å². The maximum absolute atomic E-state index is 13.5. The molecule has 6 nitrogen and oxygen atoms in total. The lowest BCUT2D eigenvalue weighted by Gasteiger charge is -2.25. The van der Waals surface area contributed by atoms with Gasteiger partial charge >= 0.3 is 0 Å². The van der Waals surface area contributed by atoms with Crippen LogP contribution in [0.2, 0.25) is 0 Å². The van der Waals surface area contributed by atoms with E-state index in [-0.39, 0.29) is 11.8 Å². The van der Waals surface area contributed by atoms with Crippen molar-refractivity contribution in [1.29, 1.82) is 0 Å². The maximum Gasteiger partial charge on any atom is 0.277 e. The molecule has 0 saturated heterocycles. The molecule has 0 spiro atoms. The van der Waals surface area contributed by atoms with Crippen LogP contribution in [0.15, 0.2) is 54.5 Å². The molecule has 0 bridgehead atoms. The van der Waals surface area contributed by atoms with E-state index < -0.39 is 0 Å². The molecule has 0 radical (unpaired) electrons. The minimum atomic E-state index is -0.213. The van der Waals surface area contributed by atoms with E-state index in [1.165, 1.54) is 4.90 Å². The summed E-state index contributed by atoms with van der Waals surface area (Å²) in [4.78, 5) is 34.4. The van der Waals surface area contributed by atoms with Gasteiger partial charge in [0.1, 0.15) is 5.70 Å². The number of imide groups is 1. The fraction of sp³-hybridized carbons (Fsp3) is 0.444. The van der Waals surface area contributed by atoms with Gasteiger partial charge in [-0.25, -0.2) is 0 Å². The Bertz CT molecular complexity index is 954. The highest BCUT2D eigenvalue weighted by molar-refractivity contribution is 6.35. The smallest absolute Gasteiger partial charge is 0.277 e. The zero-order valence-electron chi connectivity index (χ0n) is 20.0. The van der Waals surface area contributed by atoms with Gasteiger partial charge in [0, 0.05) is 45.2 Å². The number of hydrogen-bond donors (Lipinski definition) is 0. The average Bonchev–Trinajstić information content (AvgIpc) is 3.08. The summed E-state index contributed by atoms with van der Waals surface area (Å²) in [5.41, 5.74) is 4.07. The normalized spacial score (nSPS) is 13.8. The minimum absolute atomic E-state index is 0.208. The SMILES string of the molecule is CCCCOCCCN1C(=O)C(c2ccc(C)cc2)=C(N(CC)CCc2ccncc2)C1=O. The highest BCUT2D eigenvalue weighted by atomic mass is 16.5. The number of hydrogen-bond acceptors (Lipinski definition) is 5. The molecule has 0 fully saturated rings. The van der Waals surface area contributed by atoms with Gasteiger partial charge in [-0.3, -0.25) is 19.5 Å². The quantitative estimate of drug-likeness (QED) is 0.338. The van der Waals surface area contributed by atoms with Gasteiger partial charge < -0.3 is 9.64 Å². The number of likely N-dealkylation sites (N-methyl/N-ethyl adjacent to an activating group) is 1. The molecule has 6 heteroatoms. The van der Waals surface area contributed by atoms with Gasteiger partial charge in [-0.05, 0) is 56.4 Å². The largest absolute Gasteiger partial charge is 0.381 e. The molecule has 1 aliphatic heterocycles. The van der Waals surface area contributed by atoms with E-state index in [0.29, 0.717) is 43.9 Å². The van der Waals surface area contributed by atoms with E-state index >= 15 is 0 Å². The van der Waals surface area contributed by atoms with Gasteiger partial charge in [-0.2, -0.15) is 0 Å². The van der Waals surface area contributed by atoms with Crippen LogP contribution in [0.4, 0.5) is 0 Å². The first-order valence-corrected chi connectivity index (χ1v) is 12.0. The number of carbonyl (C=O) groups excluding carboxylic acids is 2. The highest BCUT2D eigenvalue weighted by Gasteiger charge is 2.40. The molecule has 2 amide bonds. The number of nitrogens with zero attached hydrogens (tertiary/aromatic N) is 3. The summed E-state index contributed by atoms with van der Waals surface area (Å²) in [5, 5.41) is 0. The predicted molar refractivity (Wildman–Crippen MR) is 130 cm³/mol. The van der Waals surface area contributed by atoms with E-state index in [4.69, 9.17) is 4.74 Å². The Kier molecular flexibility index (Phi) is 9.19. The Hall–Kier alpha value is -2.99. The number of amides is 2. The molecule has 0 saturated carbocycles. The van der Waals surface area contributed by atoms with Gasteiger partial charge in [-0.15, -0.1) is 0 Å². The summed E-state index contributed by atoms with van der Waals surface area (Å²) in [5.74, 6) is -0.421. The topological polar surface area (TPSA) is 62.7 Å². The summed E-state index contributed by atoms with van der Waals surface area (Å²) >= 11 is 0. The van der Waals surface area contributed by atoms with Crippen LogP contribution in [0.25, 0.3) is 5.57 Å². The second kappa shape index (κ2) is 12.3. The van der Waals surface area contributed by atoms with Crippen molar-refractivity contribution in [3.05, 3.63) is 71.2 Å². The van der Waals surface area contributed by atoms with Crippen molar-refractivity contribution in [2.75, 3.05) is 32.8 Å². The van der Waals surface area contributed by atoms with Crippen molar-refractivity contribution in [2.45, 2.75) is 46.5 Å². The van der Waals surface area contributed by atoms with Crippen molar-refractivity contribution in [3.63, 3.8) is 0 Å². The van der Waals surface area contributed by atoms with Crippen LogP contribution in [0.1, 0.15) is 49.8 Å². The number of unbranched alkanes of at least 4 members (excludes halogenated alkanes) is 1. The van der Waals surface area contributed by atoms with Crippen LogP contribution < -0.4 is 0 Å². The molecule has 0 aliphatic carbocycles. The van der Waals surface area contributed by atoms with Gasteiger partial charge in [0.2, 0.25) is 0 Å². The molecule has 1 aromatic carbocycles. The summed E-state index contributed by atoms with van der Waals surface area (Å²) in [6, 6.07) is 11.8. The number of aryl methyl sites for hydroxylation is 1. The Morgan fingerprint density at radius 2 is 1.64 bits per heavy atom. The molecule has 0 unspecified atom stereocenters. The number of rotatable bonds is 13. The molecule has 33 heavy (non-hydrogen) atoms. The zero-order valence-corrected chi connectivity index (χ0v) is 20.0. The molecule has 2 aromatic rings. The molecule has 1 aliphatic rings. The Labute approximate surface area is 197 Å². The Balaban J connectivity index is 1.81. The average molecular weight is 450 g/mol. The molecule has 0 atom stereocenters. The molecular weight excluding hydrogens is 414 g/mol. The van der Waals surface area contributed by atoms with Crippen molar-refractivity contribution in [2.24, 2.45) is 0 Å². The van der Waals surface area contributed by atoms with Crippen LogP contribution in [0, 0.1) is 6.92 Å². The number of aromatic nitrogens is 1. The monoisotopic (exact) mass is 449 g/mol. The lowest BCUT2D eigenvalue weighted by Crippen LogP contribution is -2.36. The minimum Gasteiger partial charge on any atom is -0.381 e. The molecule has 1 aromatic heterocycles. The molecule has 0 N–H and O–H groups in total. The Morgan fingerprint density at radius 1 is 0.939 bits per heavy atom. The zero-order chi connectivity index (χ0) is 23.6. The molecule has 3 rings (SSSR count). The van der Waals surface area contributed by atoms with Crippen molar-refractivity contribution in [1.82, 2.24) is 14.8 Å². The summed E-state index contributed by atoms with van der Waals surface area (Å²) in [7, 11) is 0. The van der Waals surface area contributed by atoms with E-state index in [9.17, 15) is 9.59 Å². The van der Waals surface area contributed by atoms with Gasteiger partial charge in [-0.1, -0.05) is 43.2 Å². The molecule has 176 valence electrons. The van der Waals surface area contributed by atoms with E-state index in [1.54, 1.807) is 12.4 Å². The second-order valence-electron chi connectivity index (χ2n) is 8.36. The van der Waals surface area contributed by atoms with Gasteiger partial charge in [0.05, 0.1) is 5.57 Å². The molecular formula is C27H35N3O3. The lowest BCUT2D eigenvalue weighted by atomic mass is 10.0.